The number of piperidine rings is 1. The Balaban J connectivity index is 1.54. The van der Waals surface area contributed by atoms with E-state index in [-0.39, 0.29) is 5.91 Å². The molecule has 1 amide bonds. The average Bonchev–Trinajstić information content (AvgIpc) is 2.63. The van der Waals surface area contributed by atoms with Gasteiger partial charge in [-0.2, -0.15) is 0 Å². The zero-order chi connectivity index (χ0) is 18.5. The highest BCUT2D eigenvalue weighted by molar-refractivity contribution is 14.1. The summed E-state index contributed by atoms with van der Waals surface area (Å²) in [7, 11) is 0. The molecular formula is C20H22IN3OS. The Labute approximate surface area is 173 Å². The lowest BCUT2D eigenvalue weighted by molar-refractivity contribution is 0.0977. The first-order valence-corrected chi connectivity index (χ1v) is 10.2. The topological polar surface area (TPSA) is 44.4 Å². The lowest BCUT2D eigenvalue weighted by Gasteiger charge is -2.32. The standard InChI is InChI=1S/C20H22IN3OS/c1-14-10-12-24(13-11-14)18-8-6-17(7-9-18)22-20(26)23-19(25)15-2-4-16(21)5-3-15/h2-9,14H,10-13H2,1H3,(H2,22,23,25,26). The van der Waals surface area contributed by atoms with Crippen LogP contribution in [0.1, 0.15) is 30.1 Å². The van der Waals surface area contributed by atoms with Gasteiger partial charge in [0.05, 0.1) is 0 Å². The average molecular weight is 479 g/mol. The maximum Gasteiger partial charge on any atom is 0.257 e. The molecular weight excluding hydrogens is 457 g/mol. The zero-order valence-electron chi connectivity index (χ0n) is 14.7. The van der Waals surface area contributed by atoms with E-state index in [1.165, 1.54) is 18.5 Å². The second-order valence-corrected chi connectivity index (χ2v) is 8.29. The molecule has 2 aromatic rings. The highest BCUT2D eigenvalue weighted by atomic mass is 127. The van der Waals surface area contributed by atoms with E-state index in [2.05, 4.69) is 57.2 Å². The third kappa shape index (κ3) is 5.17. The van der Waals surface area contributed by atoms with E-state index in [0.717, 1.165) is 28.3 Å². The molecule has 1 fully saturated rings. The van der Waals surface area contributed by atoms with Gasteiger partial charge >= 0.3 is 0 Å². The predicted molar refractivity (Wildman–Crippen MR) is 120 cm³/mol. The fraction of sp³-hybridized carbons (Fsp3) is 0.300. The number of hydrogen-bond acceptors (Lipinski definition) is 3. The van der Waals surface area contributed by atoms with Crippen molar-refractivity contribution in [3.63, 3.8) is 0 Å². The molecule has 2 aromatic carbocycles. The number of benzene rings is 2. The third-order valence-electron chi connectivity index (χ3n) is 4.61. The predicted octanol–water partition coefficient (Wildman–Crippen LogP) is 4.65. The summed E-state index contributed by atoms with van der Waals surface area (Å²) in [4.78, 5) is 14.6. The summed E-state index contributed by atoms with van der Waals surface area (Å²) in [5.74, 6) is 0.610. The van der Waals surface area contributed by atoms with Crippen LogP contribution in [0.15, 0.2) is 48.5 Å². The van der Waals surface area contributed by atoms with Crippen molar-refractivity contribution in [3.05, 3.63) is 57.7 Å². The van der Waals surface area contributed by atoms with Crippen LogP contribution in [-0.2, 0) is 0 Å². The summed E-state index contributed by atoms with van der Waals surface area (Å²) < 4.78 is 1.09. The van der Waals surface area contributed by atoms with Gasteiger partial charge in [0.1, 0.15) is 0 Å². The Hall–Kier alpha value is -1.67. The summed E-state index contributed by atoms with van der Waals surface area (Å²) in [6, 6.07) is 15.6. The number of halogens is 1. The molecule has 0 saturated carbocycles. The van der Waals surface area contributed by atoms with Gasteiger partial charge in [-0.25, -0.2) is 0 Å². The maximum absolute atomic E-state index is 12.2. The Morgan fingerprint density at radius 3 is 2.31 bits per heavy atom. The van der Waals surface area contributed by atoms with E-state index < -0.39 is 0 Å². The Morgan fingerprint density at radius 1 is 1.08 bits per heavy atom. The largest absolute Gasteiger partial charge is 0.372 e. The smallest absolute Gasteiger partial charge is 0.257 e. The normalized spacial score (nSPS) is 14.8. The Bertz CT molecular complexity index is 769. The molecule has 0 aromatic heterocycles. The first-order valence-electron chi connectivity index (χ1n) is 8.74. The number of thiocarbonyl (C=S) groups is 1. The van der Waals surface area contributed by atoms with E-state index in [1.54, 1.807) is 12.1 Å². The molecule has 0 radical (unpaired) electrons. The molecule has 1 heterocycles. The molecule has 0 bridgehead atoms. The fourth-order valence-corrected chi connectivity index (χ4v) is 3.53. The molecule has 1 aliphatic rings. The second-order valence-electron chi connectivity index (χ2n) is 6.63. The quantitative estimate of drug-likeness (QED) is 0.497. The fourth-order valence-electron chi connectivity index (χ4n) is 2.96. The molecule has 2 N–H and O–H groups in total. The molecule has 1 saturated heterocycles. The first-order chi connectivity index (χ1) is 12.5. The van der Waals surface area contributed by atoms with Crippen LogP contribution in [-0.4, -0.2) is 24.1 Å². The Kier molecular flexibility index (Phi) is 6.48. The molecule has 0 aliphatic carbocycles. The van der Waals surface area contributed by atoms with Gasteiger partial charge in [-0.15, -0.1) is 0 Å². The number of amides is 1. The summed E-state index contributed by atoms with van der Waals surface area (Å²) in [6.45, 7) is 4.53. The second kappa shape index (κ2) is 8.81. The number of carbonyl (C=O) groups excluding carboxylic acids is 1. The lowest BCUT2D eigenvalue weighted by atomic mass is 9.99. The van der Waals surface area contributed by atoms with Gasteiger partial charge in [0, 0.05) is 33.6 Å². The van der Waals surface area contributed by atoms with Gasteiger partial charge < -0.3 is 10.2 Å². The van der Waals surface area contributed by atoms with E-state index >= 15 is 0 Å². The zero-order valence-corrected chi connectivity index (χ0v) is 17.6. The monoisotopic (exact) mass is 479 g/mol. The molecule has 4 nitrogen and oxygen atoms in total. The summed E-state index contributed by atoms with van der Waals surface area (Å²) in [5.41, 5.74) is 2.69. The van der Waals surface area contributed by atoms with E-state index in [0.29, 0.717) is 10.7 Å². The van der Waals surface area contributed by atoms with Crippen molar-refractivity contribution in [2.45, 2.75) is 19.8 Å². The molecule has 1 aliphatic heterocycles. The van der Waals surface area contributed by atoms with Crippen molar-refractivity contribution in [1.82, 2.24) is 5.32 Å². The van der Waals surface area contributed by atoms with Gasteiger partial charge in [0.15, 0.2) is 5.11 Å². The van der Waals surface area contributed by atoms with Crippen LogP contribution in [0.25, 0.3) is 0 Å². The lowest BCUT2D eigenvalue weighted by Crippen LogP contribution is -2.34. The van der Waals surface area contributed by atoms with Crippen LogP contribution in [0.5, 0.6) is 0 Å². The van der Waals surface area contributed by atoms with Crippen LogP contribution in [0, 0.1) is 9.49 Å². The highest BCUT2D eigenvalue weighted by Gasteiger charge is 2.16. The molecule has 0 atom stereocenters. The molecule has 6 heteroatoms. The van der Waals surface area contributed by atoms with E-state index in [9.17, 15) is 4.79 Å². The van der Waals surface area contributed by atoms with Gasteiger partial charge in [-0.1, -0.05) is 6.92 Å². The third-order valence-corrected chi connectivity index (χ3v) is 5.53. The van der Waals surface area contributed by atoms with Gasteiger partial charge in [-0.3, -0.25) is 10.1 Å². The van der Waals surface area contributed by atoms with Crippen LogP contribution >= 0.6 is 34.8 Å². The summed E-state index contributed by atoms with van der Waals surface area (Å²) in [6.07, 6.45) is 2.49. The number of hydrogen-bond donors (Lipinski definition) is 2. The van der Waals surface area contributed by atoms with Crippen LogP contribution in [0.4, 0.5) is 11.4 Å². The van der Waals surface area contributed by atoms with Crippen molar-refractivity contribution < 1.29 is 4.79 Å². The van der Waals surface area contributed by atoms with E-state index in [4.69, 9.17) is 12.2 Å². The van der Waals surface area contributed by atoms with Crippen LogP contribution in [0.3, 0.4) is 0 Å². The van der Waals surface area contributed by atoms with E-state index in [1.807, 2.05) is 24.3 Å². The van der Waals surface area contributed by atoms with Crippen molar-refractivity contribution in [3.8, 4) is 0 Å². The van der Waals surface area contributed by atoms with Crippen LogP contribution < -0.4 is 15.5 Å². The maximum atomic E-state index is 12.2. The van der Waals surface area contributed by atoms with Gasteiger partial charge in [0.2, 0.25) is 0 Å². The number of anilines is 2. The highest BCUT2D eigenvalue weighted by Crippen LogP contribution is 2.24. The molecule has 26 heavy (non-hydrogen) atoms. The first kappa shape index (κ1) is 19.1. The summed E-state index contributed by atoms with van der Waals surface area (Å²) in [5, 5.41) is 6.09. The summed E-state index contributed by atoms with van der Waals surface area (Å²) >= 11 is 7.46. The molecule has 0 spiro atoms. The van der Waals surface area contributed by atoms with Crippen molar-refractivity contribution >= 4 is 57.2 Å². The van der Waals surface area contributed by atoms with Crippen LogP contribution in [0.2, 0.25) is 0 Å². The minimum Gasteiger partial charge on any atom is -0.372 e. The van der Waals surface area contributed by atoms with Crippen molar-refractivity contribution in [1.29, 1.82) is 0 Å². The SMILES string of the molecule is CC1CCN(c2ccc(NC(=S)NC(=O)c3ccc(I)cc3)cc2)CC1. The van der Waals surface area contributed by atoms with Crippen molar-refractivity contribution in [2.24, 2.45) is 5.92 Å². The number of nitrogens with one attached hydrogen (secondary N) is 2. The molecule has 0 unspecified atom stereocenters. The van der Waals surface area contributed by atoms with Gasteiger partial charge in [0.25, 0.3) is 5.91 Å². The molecule has 136 valence electrons. The minimum atomic E-state index is -0.210. The number of nitrogens with zero attached hydrogens (tertiary/aromatic N) is 1. The Morgan fingerprint density at radius 2 is 1.69 bits per heavy atom. The molecule has 3 rings (SSSR count). The number of carbonyl (C=O) groups is 1. The number of rotatable bonds is 3. The van der Waals surface area contributed by atoms with Gasteiger partial charge in [-0.05, 0) is 102 Å². The van der Waals surface area contributed by atoms with Crippen molar-refractivity contribution in [2.75, 3.05) is 23.3 Å². The minimum absolute atomic E-state index is 0.210.